The van der Waals surface area contributed by atoms with Gasteiger partial charge in [-0.1, -0.05) is 117 Å². The minimum atomic E-state index is -0.931. The van der Waals surface area contributed by atoms with Crippen molar-refractivity contribution >= 4 is 12.1 Å². The maximum Gasteiger partial charge on any atom is 0.407 e. The van der Waals surface area contributed by atoms with Crippen molar-refractivity contribution < 1.29 is 24.5 Å². The third-order valence-corrected chi connectivity index (χ3v) is 6.92. The molecule has 1 aromatic heterocycles. The first-order valence-electron chi connectivity index (χ1n) is 15.5. The highest BCUT2D eigenvalue weighted by Crippen LogP contribution is 2.13. The molecule has 1 unspecified atom stereocenters. The van der Waals surface area contributed by atoms with Crippen LogP contribution in [0.3, 0.4) is 0 Å². The summed E-state index contributed by atoms with van der Waals surface area (Å²) in [6.45, 7) is 8.02. The van der Waals surface area contributed by atoms with Crippen molar-refractivity contribution in [2.24, 2.45) is 11.7 Å². The molecule has 0 radical (unpaired) electrons. The number of rotatable bonds is 23. The summed E-state index contributed by atoms with van der Waals surface area (Å²) in [5.74, 6) is -0.339. The fourth-order valence-electron chi connectivity index (χ4n) is 4.15. The highest BCUT2D eigenvalue weighted by atomic mass is 16.5. The average molecular weight is 571 g/mol. The molecule has 11 nitrogen and oxygen atoms in total. The first-order chi connectivity index (χ1) is 19.2. The van der Waals surface area contributed by atoms with E-state index < -0.39 is 24.1 Å². The molecule has 0 bridgehead atoms. The Labute approximate surface area is 242 Å². The lowest BCUT2D eigenvalue weighted by Gasteiger charge is -2.15. The molecule has 0 fully saturated rings. The normalized spacial score (nSPS) is 12.5. The van der Waals surface area contributed by atoms with E-state index in [0.29, 0.717) is 12.4 Å². The molecule has 11 heteroatoms. The third kappa shape index (κ3) is 20.6. The monoisotopic (exact) mass is 570 g/mol. The van der Waals surface area contributed by atoms with Crippen molar-refractivity contribution in [2.75, 3.05) is 19.8 Å². The van der Waals surface area contributed by atoms with Gasteiger partial charge in [-0.15, -0.1) is 5.10 Å². The molecule has 0 aliphatic rings. The van der Waals surface area contributed by atoms with E-state index in [-0.39, 0.29) is 19.1 Å². The number of nitrogens with two attached hydrogens (primary N) is 1. The lowest BCUT2D eigenvalue weighted by molar-refractivity contribution is -0.139. The first-order valence-corrected chi connectivity index (χ1v) is 15.5. The van der Waals surface area contributed by atoms with E-state index in [4.69, 9.17) is 15.6 Å². The quantitative estimate of drug-likeness (QED) is 0.123. The Bertz CT molecular complexity index is 746. The van der Waals surface area contributed by atoms with Crippen LogP contribution in [0.2, 0.25) is 0 Å². The van der Waals surface area contributed by atoms with E-state index >= 15 is 0 Å². The van der Waals surface area contributed by atoms with Crippen LogP contribution in [0.1, 0.15) is 135 Å². The number of hydrogen-bond acceptors (Lipinski definition) is 8. The second kappa shape index (κ2) is 25.7. The molecule has 234 valence electrons. The summed E-state index contributed by atoms with van der Waals surface area (Å²) in [6.07, 6.45) is 20.8. The van der Waals surface area contributed by atoms with Gasteiger partial charge in [0.2, 0.25) is 0 Å². The number of unbranched alkanes of at least 4 members (excludes halogenated alkanes) is 15. The van der Waals surface area contributed by atoms with Crippen LogP contribution in [-0.2, 0) is 9.53 Å². The SMILES string of the molecule is CC(C)[C@H](N)C(=O)O.CCCCCCCCCCCCCCCCCCNC(=O)OCC(CO)n1nnnc1C. The van der Waals surface area contributed by atoms with Crippen LogP contribution < -0.4 is 11.1 Å². The van der Waals surface area contributed by atoms with Gasteiger partial charge in [0.05, 0.1) is 6.61 Å². The number of nitrogens with zero attached hydrogens (tertiary/aromatic N) is 4. The smallest absolute Gasteiger partial charge is 0.407 e. The number of carbonyl (C=O) groups excluding carboxylic acids is 1. The van der Waals surface area contributed by atoms with E-state index in [0.717, 1.165) is 12.8 Å². The van der Waals surface area contributed by atoms with Crippen molar-refractivity contribution in [1.82, 2.24) is 25.5 Å². The second-order valence-electron chi connectivity index (χ2n) is 10.9. The summed E-state index contributed by atoms with van der Waals surface area (Å²) in [7, 11) is 0. The molecule has 1 amide bonds. The van der Waals surface area contributed by atoms with Crippen LogP contribution in [0, 0.1) is 12.8 Å². The number of amides is 1. The van der Waals surface area contributed by atoms with Crippen molar-refractivity contribution in [2.45, 2.75) is 143 Å². The number of carboxylic acids is 1. The second-order valence-corrected chi connectivity index (χ2v) is 10.9. The van der Waals surface area contributed by atoms with Gasteiger partial charge < -0.3 is 26.0 Å². The van der Waals surface area contributed by atoms with E-state index in [9.17, 15) is 14.7 Å². The largest absolute Gasteiger partial charge is 0.480 e. The number of aryl methyl sites for hydroxylation is 1. The summed E-state index contributed by atoms with van der Waals surface area (Å²) >= 11 is 0. The summed E-state index contributed by atoms with van der Waals surface area (Å²) in [4.78, 5) is 21.8. The number of carboxylic acid groups (broad SMARTS) is 1. The number of ether oxygens (including phenoxy) is 1. The van der Waals surface area contributed by atoms with Crippen molar-refractivity contribution in [3.8, 4) is 0 Å². The van der Waals surface area contributed by atoms with Gasteiger partial charge in [-0.3, -0.25) is 4.79 Å². The highest BCUT2D eigenvalue weighted by molar-refractivity contribution is 5.73. The van der Waals surface area contributed by atoms with Gasteiger partial charge in [0.15, 0.2) is 0 Å². The number of hydrogen-bond donors (Lipinski definition) is 4. The number of aliphatic hydroxyl groups excluding tert-OH is 1. The molecule has 40 heavy (non-hydrogen) atoms. The zero-order chi connectivity index (χ0) is 30.0. The minimum Gasteiger partial charge on any atom is -0.480 e. The summed E-state index contributed by atoms with van der Waals surface area (Å²) < 4.78 is 6.64. The minimum absolute atomic E-state index is 0.0208. The fourth-order valence-corrected chi connectivity index (χ4v) is 4.15. The molecule has 0 saturated heterocycles. The Balaban J connectivity index is 0.00000165. The van der Waals surface area contributed by atoms with Gasteiger partial charge in [0.25, 0.3) is 0 Å². The molecule has 0 spiro atoms. The Morgan fingerprint density at radius 3 is 1.73 bits per heavy atom. The van der Waals surface area contributed by atoms with E-state index in [1.54, 1.807) is 20.8 Å². The standard InChI is InChI=1S/C24H47N5O3.C5H11NO2/c1-3-4-5-6-7-8-9-10-11-12-13-14-15-16-17-18-19-25-24(31)32-21-23(20-30)29-22(2)26-27-28-29;1-3(2)4(6)5(7)8/h23,30H,3-21H2,1-2H3,(H,25,31);3-4H,6H2,1-2H3,(H,7,8)/t;4-/m.0/s1. The van der Waals surface area contributed by atoms with Crippen LogP contribution >= 0.6 is 0 Å². The predicted octanol–water partition coefficient (Wildman–Crippen LogP) is 5.56. The van der Waals surface area contributed by atoms with Crippen LogP contribution in [-0.4, -0.2) is 68.3 Å². The number of aliphatic carboxylic acids is 1. The number of aliphatic hydroxyl groups is 1. The maximum atomic E-state index is 11.8. The molecule has 1 aromatic rings. The molecule has 0 aliphatic carbocycles. The Morgan fingerprint density at radius 2 is 1.38 bits per heavy atom. The lowest BCUT2D eigenvalue weighted by Crippen LogP contribution is -2.34. The van der Waals surface area contributed by atoms with Crippen molar-refractivity contribution in [1.29, 1.82) is 0 Å². The lowest BCUT2D eigenvalue weighted by atomic mass is 10.0. The van der Waals surface area contributed by atoms with Crippen LogP contribution in [0.5, 0.6) is 0 Å². The molecule has 5 N–H and O–H groups in total. The number of tetrazole rings is 1. The Kier molecular flexibility index (Phi) is 24.2. The summed E-state index contributed by atoms with van der Waals surface area (Å²) in [5, 5.41) is 31.5. The Morgan fingerprint density at radius 1 is 0.900 bits per heavy atom. The van der Waals surface area contributed by atoms with Gasteiger partial charge >= 0.3 is 12.1 Å². The number of aromatic nitrogens is 4. The zero-order valence-corrected chi connectivity index (χ0v) is 25.7. The number of alkyl carbamates (subject to hydrolysis) is 1. The van der Waals surface area contributed by atoms with E-state index in [1.807, 2.05) is 0 Å². The van der Waals surface area contributed by atoms with Crippen molar-refractivity contribution in [3.05, 3.63) is 5.82 Å². The third-order valence-electron chi connectivity index (χ3n) is 6.92. The van der Waals surface area contributed by atoms with Gasteiger partial charge in [-0.05, 0) is 29.7 Å². The molecule has 0 aliphatic heterocycles. The topological polar surface area (TPSA) is 165 Å². The predicted molar refractivity (Wildman–Crippen MR) is 158 cm³/mol. The van der Waals surface area contributed by atoms with Gasteiger partial charge in [-0.2, -0.15) is 0 Å². The molecule has 0 aromatic carbocycles. The molecule has 2 atom stereocenters. The van der Waals surface area contributed by atoms with Crippen LogP contribution in [0.25, 0.3) is 0 Å². The summed E-state index contributed by atoms with van der Waals surface area (Å²) in [6, 6.07) is -1.18. The zero-order valence-electron chi connectivity index (χ0n) is 25.7. The average Bonchev–Trinajstić information content (AvgIpc) is 3.36. The number of carbonyl (C=O) groups is 2. The maximum absolute atomic E-state index is 11.8. The van der Waals surface area contributed by atoms with Crippen LogP contribution in [0.4, 0.5) is 4.79 Å². The van der Waals surface area contributed by atoms with Crippen molar-refractivity contribution in [3.63, 3.8) is 0 Å². The number of nitrogens with one attached hydrogen (secondary N) is 1. The summed E-state index contributed by atoms with van der Waals surface area (Å²) in [5.41, 5.74) is 5.16. The van der Waals surface area contributed by atoms with Gasteiger partial charge in [-0.25, -0.2) is 9.48 Å². The Hall–Kier alpha value is -2.27. The molecule has 1 heterocycles. The van der Waals surface area contributed by atoms with E-state index in [2.05, 4.69) is 27.8 Å². The first kappa shape index (κ1) is 37.7. The van der Waals surface area contributed by atoms with Gasteiger partial charge in [0.1, 0.15) is 24.5 Å². The molecular formula is C29H58N6O5. The van der Waals surface area contributed by atoms with Gasteiger partial charge in [0, 0.05) is 6.54 Å². The van der Waals surface area contributed by atoms with E-state index in [1.165, 1.54) is 94.6 Å². The fraction of sp³-hybridized carbons (Fsp3) is 0.897. The highest BCUT2D eigenvalue weighted by Gasteiger charge is 2.16. The molecular weight excluding hydrogens is 512 g/mol. The molecule has 1 rings (SSSR count). The molecule has 0 saturated carbocycles. The van der Waals surface area contributed by atoms with Crippen LogP contribution in [0.15, 0.2) is 0 Å².